The average molecular weight is 251 g/mol. The minimum absolute atomic E-state index is 0.0238. The maximum atomic E-state index is 13.3. The molecule has 0 saturated heterocycles. The number of aromatic nitrogens is 1. The molecule has 18 heavy (non-hydrogen) atoms. The fraction of sp³-hybridized carbons (Fsp3) is 0.0833. The van der Waals surface area contributed by atoms with Gasteiger partial charge in [-0.1, -0.05) is 6.07 Å². The number of ether oxygens (including phenoxy) is 1. The molecule has 4 nitrogen and oxygen atoms in total. The Morgan fingerprint density at radius 2 is 2.06 bits per heavy atom. The number of anilines is 1. The summed E-state index contributed by atoms with van der Waals surface area (Å²) in [7, 11) is 0. The molecular formula is C12H11F2N3O. The van der Waals surface area contributed by atoms with Crippen LogP contribution in [0.15, 0.2) is 36.4 Å². The summed E-state index contributed by atoms with van der Waals surface area (Å²) < 4.78 is 31.2. The first-order chi connectivity index (χ1) is 8.69. The van der Waals surface area contributed by atoms with Gasteiger partial charge in [0.15, 0.2) is 11.6 Å². The lowest BCUT2D eigenvalue weighted by atomic mass is 10.3. The van der Waals surface area contributed by atoms with Crippen LogP contribution >= 0.6 is 0 Å². The lowest BCUT2D eigenvalue weighted by Crippen LogP contribution is -2.10. The molecule has 0 spiro atoms. The van der Waals surface area contributed by atoms with Crippen molar-refractivity contribution in [1.29, 1.82) is 0 Å². The van der Waals surface area contributed by atoms with Gasteiger partial charge in [0, 0.05) is 6.07 Å². The highest BCUT2D eigenvalue weighted by Gasteiger charge is 2.05. The number of hydrogen-bond donors (Lipinski definition) is 2. The molecule has 0 unspecified atom stereocenters. The molecule has 0 atom stereocenters. The number of benzene rings is 1. The molecular weight excluding hydrogens is 240 g/mol. The predicted molar refractivity (Wildman–Crippen MR) is 62.7 cm³/mol. The molecule has 1 heterocycles. The Bertz CT molecular complexity index is 549. The summed E-state index contributed by atoms with van der Waals surface area (Å²) in [5.41, 5.74) is 2.97. The molecule has 0 aliphatic carbocycles. The van der Waals surface area contributed by atoms with Crippen LogP contribution in [-0.4, -0.2) is 4.98 Å². The van der Waals surface area contributed by atoms with E-state index in [1.807, 2.05) is 0 Å². The van der Waals surface area contributed by atoms with E-state index in [9.17, 15) is 8.78 Å². The molecule has 6 heteroatoms. The normalized spacial score (nSPS) is 10.2. The van der Waals surface area contributed by atoms with Gasteiger partial charge in [-0.05, 0) is 24.3 Å². The van der Waals surface area contributed by atoms with Gasteiger partial charge in [-0.2, -0.15) is 0 Å². The zero-order valence-corrected chi connectivity index (χ0v) is 9.36. The topological polar surface area (TPSA) is 60.2 Å². The minimum atomic E-state index is -0.747. The van der Waals surface area contributed by atoms with Gasteiger partial charge in [0.25, 0.3) is 0 Å². The molecule has 1 aromatic carbocycles. The van der Waals surface area contributed by atoms with Crippen molar-refractivity contribution < 1.29 is 13.5 Å². The van der Waals surface area contributed by atoms with Crippen molar-refractivity contribution in [2.24, 2.45) is 5.84 Å². The average Bonchev–Trinajstić information content (AvgIpc) is 2.38. The van der Waals surface area contributed by atoms with Gasteiger partial charge in [0.1, 0.15) is 18.2 Å². The Morgan fingerprint density at radius 3 is 2.78 bits per heavy atom. The van der Waals surface area contributed by atoms with Crippen LogP contribution in [0.3, 0.4) is 0 Å². The van der Waals surface area contributed by atoms with E-state index in [0.717, 1.165) is 12.1 Å². The number of nitrogens with two attached hydrogens (primary N) is 1. The van der Waals surface area contributed by atoms with Crippen LogP contribution in [0.1, 0.15) is 5.69 Å². The van der Waals surface area contributed by atoms with E-state index in [2.05, 4.69) is 10.4 Å². The first-order valence-electron chi connectivity index (χ1n) is 5.19. The van der Waals surface area contributed by atoms with E-state index in [1.54, 1.807) is 18.2 Å². The van der Waals surface area contributed by atoms with Gasteiger partial charge >= 0.3 is 0 Å². The van der Waals surface area contributed by atoms with Crippen molar-refractivity contribution in [2.45, 2.75) is 6.61 Å². The van der Waals surface area contributed by atoms with Gasteiger partial charge < -0.3 is 10.2 Å². The molecule has 0 saturated carbocycles. The first-order valence-corrected chi connectivity index (χ1v) is 5.19. The number of nitrogens with one attached hydrogen (secondary N) is 1. The smallest absolute Gasteiger partial charge is 0.167 e. The fourth-order valence-corrected chi connectivity index (χ4v) is 1.38. The minimum Gasteiger partial charge on any atom is -0.484 e. The highest BCUT2D eigenvalue weighted by Crippen LogP contribution is 2.18. The molecule has 0 fully saturated rings. The predicted octanol–water partition coefficient (Wildman–Crippen LogP) is 2.22. The highest BCUT2D eigenvalue weighted by molar-refractivity contribution is 5.33. The molecule has 2 rings (SSSR count). The summed E-state index contributed by atoms with van der Waals surface area (Å²) in [4.78, 5) is 4.10. The maximum absolute atomic E-state index is 13.3. The summed E-state index contributed by atoms with van der Waals surface area (Å²) in [5.74, 6) is 4.28. The van der Waals surface area contributed by atoms with Gasteiger partial charge in [0.2, 0.25) is 0 Å². The first kappa shape index (κ1) is 12.3. The van der Waals surface area contributed by atoms with Crippen LogP contribution in [0.2, 0.25) is 0 Å². The van der Waals surface area contributed by atoms with Crippen LogP contribution in [-0.2, 0) is 6.61 Å². The van der Waals surface area contributed by atoms with E-state index in [-0.39, 0.29) is 12.4 Å². The molecule has 0 bridgehead atoms. The highest BCUT2D eigenvalue weighted by atomic mass is 19.1. The number of hydrazine groups is 1. The number of rotatable bonds is 4. The number of nitrogens with zero attached hydrogens (tertiary/aromatic N) is 1. The van der Waals surface area contributed by atoms with Gasteiger partial charge in [-0.15, -0.1) is 0 Å². The van der Waals surface area contributed by atoms with Gasteiger partial charge in [-0.3, -0.25) is 0 Å². The zero-order chi connectivity index (χ0) is 13.0. The van der Waals surface area contributed by atoms with Crippen LogP contribution in [0, 0.1) is 11.6 Å². The largest absolute Gasteiger partial charge is 0.484 e. The summed E-state index contributed by atoms with van der Waals surface area (Å²) in [6.45, 7) is 0.0675. The quantitative estimate of drug-likeness (QED) is 0.646. The zero-order valence-electron chi connectivity index (χ0n) is 9.36. The Hall–Kier alpha value is -2.21. The number of hydrogen-bond acceptors (Lipinski definition) is 4. The second kappa shape index (κ2) is 5.42. The van der Waals surface area contributed by atoms with Crippen molar-refractivity contribution in [3.63, 3.8) is 0 Å². The molecule has 3 N–H and O–H groups in total. The maximum Gasteiger partial charge on any atom is 0.167 e. The van der Waals surface area contributed by atoms with E-state index in [0.29, 0.717) is 11.5 Å². The molecule has 0 amide bonds. The van der Waals surface area contributed by atoms with Gasteiger partial charge in [-0.25, -0.2) is 19.6 Å². The van der Waals surface area contributed by atoms with E-state index < -0.39 is 11.6 Å². The van der Waals surface area contributed by atoms with Crippen LogP contribution in [0.5, 0.6) is 5.75 Å². The summed E-state index contributed by atoms with van der Waals surface area (Å²) in [6.07, 6.45) is 0. The van der Waals surface area contributed by atoms with Crippen molar-refractivity contribution in [1.82, 2.24) is 4.98 Å². The van der Waals surface area contributed by atoms with Crippen molar-refractivity contribution in [3.8, 4) is 5.75 Å². The summed E-state index contributed by atoms with van der Waals surface area (Å²) >= 11 is 0. The lowest BCUT2D eigenvalue weighted by molar-refractivity contribution is 0.285. The Kier molecular flexibility index (Phi) is 3.69. The molecule has 0 aliphatic rings. The summed E-state index contributed by atoms with van der Waals surface area (Å²) in [6, 6.07) is 8.26. The van der Waals surface area contributed by atoms with Crippen molar-refractivity contribution >= 4 is 5.82 Å². The number of pyridine rings is 1. The molecule has 94 valence electrons. The Balaban J connectivity index is 2.06. The number of halogens is 2. The third-order valence-corrected chi connectivity index (χ3v) is 2.22. The van der Waals surface area contributed by atoms with Crippen LogP contribution < -0.4 is 16.0 Å². The Morgan fingerprint density at radius 1 is 1.22 bits per heavy atom. The Labute approximate surface area is 102 Å². The molecule has 1 aromatic heterocycles. The van der Waals surface area contributed by atoms with Gasteiger partial charge in [0.05, 0.1) is 5.69 Å². The lowest BCUT2D eigenvalue weighted by Gasteiger charge is -2.07. The van der Waals surface area contributed by atoms with Crippen molar-refractivity contribution in [3.05, 3.63) is 53.7 Å². The fourth-order valence-electron chi connectivity index (χ4n) is 1.38. The third-order valence-electron chi connectivity index (χ3n) is 2.22. The van der Waals surface area contributed by atoms with Crippen molar-refractivity contribution in [2.75, 3.05) is 5.43 Å². The number of nitrogen functional groups attached to an aromatic ring is 1. The van der Waals surface area contributed by atoms with Crippen LogP contribution in [0.25, 0.3) is 0 Å². The standard InChI is InChI=1S/C12H11F2N3O/c13-8-4-5-11(10(14)6-8)18-7-9-2-1-3-12(16-9)17-15/h1-6H,7,15H2,(H,16,17). The monoisotopic (exact) mass is 251 g/mol. The molecule has 2 aromatic rings. The molecule has 0 aliphatic heterocycles. The third kappa shape index (κ3) is 2.92. The SMILES string of the molecule is NNc1cccc(COc2ccc(F)cc2F)n1. The second-order valence-electron chi connectivity index (χ2n) is 3.52. The molecule has 0 radical (unpaired) electrons. The summed E-state index contributed by atoms with van der Waals surface area (Å²) in [5, 5.41) is 0. The van der Waals surface area contributed by atoms with E-state index in [4.69, 9.17) is 10.6 Å². The second-order valence-corrected chi connectivity index (χ2v) is 3.52. The van der Waals surface area contributed by atoms with E-state index in [1.165, 1.54) is 6.07 Å². The van der Waals surface area contributed by atoms with Crippen LogP contribution in [0.4, 0.5) is 14.6 Å². The van der Waals surface area contributed by atoms with E-state index >= 15 is 0 Å².